The van der Waals surface area contributed by atoms with Gasteiger partial charge in [-0.05, 0) is 30.5 Å². The van der Waals surface area contributed by atoms with Gasteiger partial charge in [-0.25, -0.2) is 0 Å². The number of carbonyl (C=O) groups excluding carboxylic acids is 1. The monoisotopic (exact) mass is 273 g/mol. The van der Waals surface area contributed by atoms with Gasteiger partial charge in [0.15, 0.2) is 0 Å². The molecule has 0 aliphatic heterocycles. The molecule has 0 fully saturated rings. The van der Waals surface area contributed by atoms with Gasteiger partial charge in [0.25, 0.3) is 0 Å². The van der Waals surface area contributed by atoms with Crippen molar-refractivity contribution in [3.63, 3.8) is 0 Å². The molecule has 0 spiro atoms. The summed E-state index contributed by atoms with van der Waals surface area (Å²) >= 11 is 0. The lowest BCUT2D eigenvalue weighted by Crippen LogP contribution is -2.14. The predicted molar refractivity (Wildman–Crippen MR) is 77.3 cm³/mol. The number of rotatable bonds is 7. The molecule has 1 aromatic heterocycles. The Morgan fingerprint density at radius 3 is 2.85 bits per heavy atom. The second-order valence-corrected chi connectivity index (χ2v) is 4.59. The van der Waals surface area contributed by atoms with E-state index < -0.39 is 0 Å². The number of anilines is 1. The Kier molecular flexibility index (Phi) is 5.32. The third-order valence-corrected chi connectivity index (χ3v) is 2.99. The average Bonchev–Trinajstić information content (AvgIpc) is 2.94. The minimum Gasteiger partial charge on any atom is -0.396 e. The number of benzene rings is 1. The minimum atomic E-state index is -0.0219. The first-order chi connectivity index (χ1) is 9.79. The molecular weight excluding hydrogens is 254 g/mol. The highest BCUT2D eigenvalue weighted by Gasteiger charge is 2.07. The van der Waals surface area contributed by atoms with Gasteiger partial charge in [0.05, 0.1) is 6.54 Å². The predicted octanol–water partition coefficient (Wildman–Crippen LogP) is 2.03. The van der Waals surface area contributed by atoms with Crippen LogP contribution in [-0.4, -0.2) is 27.4 Å². The van der Waals surface area contributed by atoms with E-state index in [0.717, 1.165) is 11.3 Å². The fraction of sp³-hybridized carbons (Fsp3) is 0.333. The summed E-state index contributed by atoms with van der Waals surface area (Å²) in [6.07, 6.45) is 5.40. The average molecular weight is 273 g/mol. The van der Waals surface area contributed by atoms with E-state index in [9.17, 15) is 4.79 Å². The molecule has 2 rings (SSSR count). The summed E-state index contributed by atoms with van der Waals surface area (Å²) in [5.74, 6) is -0.0219. The van der Waals surface area contributed by atoms with Crippen molar-refractivity contribution in [1.29, 1.82) is 0 Å². The van der Waals surface area contributed by atoms with Gasteiger partial charge in [-0.2, -0.15) is 5.10 Å². The fourth-order valence-corrected chi connectivity index (χ4v) is 1.96. The minimum absolute atomic E-state index is 0.0219. The molecule has 0 bridgehead atoms. The number of unbranched alkanes of at least 4 members (excludes halogenated alkanes) is 1. The van der Waals surface area contributed by atoms with Gasteiger partial charge in [-0.1, -0.05) is 18.2 Å². The zero-order valence-corrected chi connectivity index (χ0v) is 11.3. The van der Waals surface area contributed by atoms with E-state index in [4.69, 9.17) is 5.11 Å². The zero-order chi connectivity index (χ0) is 14.2. The van der Waals surface area contributed by atoms with Crippen LogP contribution < -0.4 is 5.32 Å². The standard InChI is InChI=1S/C15H19N3O2/c19-11-4-3-8-15(20)17-14-7-2-1-6-13(14)12-18-10-5-9-16-18/h1-2,5-7,9-10,19H,3-4,8,11-12H2,(H,17,20). The summed E-state index contributed by atoms with van der Waals surface area (Å²) in [6.45, 7) is 0.753. The molecule has 1 heterocycles. The third-order valence-electron chi connectivity index (χ3n) is 2.99. The molecule has 0 unspecified atom stereocenters. The Bertz CT molecular complexity index is 538. The maximum atomic E-state index is 11.8. The normalized spacial score (nSPS) is 10.4. The van der Waals surface area contributed by atoms with Gasteiger partial charge in [-0.15, -0.1) is 0 Å². The number of aliphatic hydroxyl groups excluding tert-OH is 1. The molecule has 0 saturated carbocycles. The first-order valence-electron chi connectivity index (χ1n) is 6.75. The van der Waals surface area contributed by atoms with Crippen molar-refractivity contribution in [3.05, 3.63) is 48.3 Å². The number of aromatic nitrogens is 2. The molecule has 0 saturated heterocycles. The van der Waals surface area contributed by atoms with Crippen molar-refractivity contribution >= 4 is 11.6 Å². The Morgan fingerprint density at radius 2 is 2.10 bits per heavy atom. The molecule has 0 atom stereocenters. The molecule has 5 heteroatoms. The summed E-state index contributed by atoms with van der Waals surface area (Å²) in [7, 11) is 0. The highest BCUT2D eigenvalue weighted by atomic mass is 16.3. The van der Waals surface area contributed by atoms with Crippen LogP contribution in [0.1, 0.15) is 24.8 Å². The number of para-hydroxylation sites is 1. The molecule has 1 aromatic carbocycles. The summed E-state index contributed by atoms with van der Waals surface area (Å²) < 4.78 is 1.82. The maximum absolute atomic E-state index is 11.8. The largest absolute Gasteiger partial charge is 0.396 e. The highest BCUT2D eigenvalue weighted by molar-refractivity contribution is 5.91. The van der Waals surface area contributed by atoms with Crippen molar-refractivity contribution < 1.29 is 9.90 Å². The van der Waals surface area contributed by atoms with Crippen LogP contribution in [0.2, 0.25) is 0 Å². The second-order valence-electron chi connectivity index (χ2n) is 4.59. The Balaban J connectivity index is 1.98. The first-order valence-corrected chi connectivity index (χ1v) is 6.75. The van der Waals surface area contributed by atoms with Crippen LogP contribution in [0, 0.1) is 0 Å². The van der Waals surface area contributed by atoms with Crippen molar-refractivity contribution in [2.24, 2.45) is 0 Å². The third kappa shape index (κ3) is 4.20. The molecule has 0 radical (unpaired) electrons. The summed E-state index contributed by atoms with van der Waals surface area (Å²) in [5.41, 5.74) is 1.84. The summed E-state index contributed by atoms with van der Waals surface area (Å²) in [6, 6.07) is 9.58. The van der Waals surface area contributed by atoms with E-state index in [1.807, 2.05) is 41.2 Å². The molecule has 0 aliphatic carbocycles. The highest BCUT2D eigenvalue weighted by Crippen LogP contribution is 2.16. The lowest BCUT2D eigenvalue weighted by atomic mass is 10.1. The second kappa shape index (κ2) is 7.45. The smallest absolute Gasteiger partial charge is 0.224 e. The molecule has 2 aromatic rings. The van der Waals surface area contributed by atoms with Crippen LogP contribution in [0.4, 0.5) is 5.69 Å². The number of aliphatic hydroxyl groups is 1. The lowest BCUT2D eigenvalue weighted by molar-refractivity contribution is -0.116. The van der Waals surface area contributed by atoms with Crippen LogP contribution in [0.25, 0.3) is 0 Å². The number of nitrogens with zero attached hydrogens (tertiary/aromatic N) is 2. The number of amides is 1. The summed E-state index contributed by atoms with van der Waals surface area (Å²) in [4.78, 5) is 11.8. The van der Waals surface area contributed by atoms with Crippen molar-refractivity contribution in [2.75, 3.05) is 11.9 Å². The number of hydrogen-bond acceptors (Lipinski definition) is 3. The van der Waals surface area contributed by atoms with Gasteiger partial charge >= 0.3 is 0 Å². The van der Waals surface area contributed by atoms with Crippen LogP contribution in [0.3, 0.4) is 0 Å². The number of hydrogen-bond donors (Lipinski definition) is 2. The zero-order valence-electron chi connectivity index (χ0n) is 11.3. The van der Waals surface area contributed by atoms with Crippen LogP contribution in [0.15, 0.2) is 42.7 Å². The fourth-order valence-electron chi connectivity index (χ4n) is 1.96. The Morgan fingerprint density at radius 1 is 1.25 bits per heavy atom. The molecule has 5 nitrogen and oxygen atoms in total. The maximum Gasteiger partial charge on any atom is 0.224 e. The van der Waals surface area contributed by atoms with Crippen molar-refractivity contribution in [2.45, 2.75) is 25.8 Å². The van der Waals surface area contributed by atoms with Crippen molar-refractivity contribution in [1.82, 2.24) is 9.78 Å². The summed E-state index contributed by atoms with van der Waals surface area (Å²) in [5, 5.41) is 15.8. The van der Waals surface area contributed by atoms with E-state index in [-0.39, 0.29) is 12.5 Å². The van der Waals surface area contributed by atoms with E-state index in [2.05, 4.69) is 10.4 Å². The lowest BCUT2D eigenvalue weighted by Gasteiger charge is -2.11. The molecule has 20 heavy (non-hydrogen) atoms. The SMILES string of the molecule is O=C(CCCCO)Nc1ccccc1Cn1cccn1. The molecule has 0 aliphatic rings. The van der Waals surface area contributed by atoms with E-state index in [0.29, 0.717) is 25.8 Å². The van der Waals surface area contributed by atoms with E-state index in [1.54, 1.807) is 6.20 Å². The topological polar surface area (TPSA) is 67.2 Å². The van der Waals surface area contributed by atoms with Crippen molar-refractivity contribution in [3.8, 4) is 0 Å². The van der Waals surface area contributed by atoms with Gasteiger partial charge in [0.2, 0.25) is 5.91 Å². The first kappa shape index (κ1) is 14.3. The van der Waals surface area contributed by atoms with Gasteiger partial charge in [0, 0.05) is 31.1 Å². The Labute approximate surface area is 118 Å². The van der Waals surface area contributed by atoms with Crippen LogP contribution >= 0.6 is 0 Å². The van der Waals surface area contributed by atoms with Crippen LogP contribution in [0.5, 0.6) is 0 Å². The van der Waals surface area contributed by atoms with E-state index in [1.165, 1.54) is 0 Å². The van der Waals surface area contributed by atoms with Gasteiger partial charge in [-0.3, -0.25) is 9.48 Å². The Hall–Kier alpha value is -2.14. The van der Waals surface area contributed by atoms with E-state index >= 15 is 0 Å². The van der Waals surface area contributed by atoms with Gasteiger partial charge in [0.1, 0.15) is 0 Å². The molecule has 1 amide bonds. The molecular formula is C15H19N3O2. The number of carbonyl (C=O) groups is 1. The molecule has 2 N–H and O–H groups in total. The quantitative estimate of drug-likeness (QED) is 0.759. The van der Waals surface area contributed by atoms with Crippen LogP contribution in [-0.2, 0) is 11.3 Å². The number of nitrogens with one attached hydrogen (secondary N) is 1. The van der Waals surface area contributed by atoms with Gasteiger partial charge < -0.3 is 10.4 Å². The molecule has 106 valence electrons.